The van der Waals surface area contributed by atoms with Crippen molar-refractivity contribution in [1.82, 2.24) is 0 Å². The van der Waals surface area contributed by atoms with E-state index in [0.29, 0.717) is 17.1 Å². The second kappa shape index (κ2) is 7.15. The van der Waals surface area contributed by atoms with E-state index < -0.39 is 10.0 Å². The number of nitrogens with one attached hydrogen (secondary N) is 1. The van der Waals surface area contributed by atoms with Crippen molar-refractivity contribution < 1.29 is 17.9 Å². The van der Waals surface area contributed by atoms with Gasteiger partial charge in [0.15, 0.2) is 6.61 Å². The monoisotopic (exact) mass is 334 g/mol. The molecule has 0 saturated heterocycles. The zero-order valence-electron chi connectivity index (χ0n) is 12.9. The molecule has 0 aliphatic heterocycles. The van der Waals surface area contributed by atoms with Crippen LogP contribution in [0.15, 0.2) is 54.6 Å². The number of nitrogens with zero attached hydrogens (tertiary/aromatic N) is 1. The summed E-state index contributed by atoms with van der Waals surface area (Å²) in [5.74, 6) is 0.279. The van der Waals surface area contributed by atoms with Gasteiger partial charge in [-0.2, -0.15) is 0 Å². The van der Waals surface area contributed by atoms with Gasteiger partial charge in [0.05, 0.1) is 11.9 Å². The number of ether oxygens (including phenoxy) is 1. The molecular weight excluding hydrogens is 316 g/mol. The van der Waals surface area contributed by atoms with Gasteiger partial charge < -0.3 is 10.1 Å². The van der Waals surface area contributed by atoms with Gasteiger partial charge in [-0.05, 0) is 30.3 Å². The van der Waals surface area contributed by atoms with E-state index in [-0.39, 0.29) is 12.5 Å². The molecule has 0 aliphatic carbocycles. The molecule has 0 saturated carbocycles. The highest BCUT2D eigenvalue weighted by molar-refractivity contribution is 7.92. The topological polar surface area (TPSA) is 75.7 Å². The van der Waals surface area contributed by atoms with Crippen LogP contribution in [0.2, 0.25) is 0 Å². The molecule has 0 radical (unpaired) electrons. The molecule has 2 aromatic carbocycles. The minimum atomic E-state index is -3.35. The highest BCUT2D eigenvalue weighted by atomic mass is 32.2. The first kappa shape index (κ1) is 16.8. The van der Waals surface area contributed by atoms with Gasteiger partial charge in [-0.25, -0.2) is 8.42 Å². The molecule has 0 fully saturated rings. The Morgan fingerprint density at radius 2 is 1.83 bits per heavy atom. The van der Waals surface area contributed by atoms with E-state index in [1.165, 1.54) is 7.05 Å². The van der Waals surface area contributed by atoms with Gasteiger partial charge in [0.2, 0.25) is 10.0 Å². The Morgan fingerprint density at radius 3 is 2.48 bits per heavy atom. The maximum absolute atomic E-state index is 11.9. The highest BCUT2D eigenvalue weighted by Gasteiger charge is 2.12. The summed E-state index contributed by atoms with van der Waals surface area (Å²) in [7, 11) is -1.90. The largest absolute Gasteiger partial charge is 0.484 e. The van der Waals surface area contributed by atoms with Crippen molar-refractivity contribution in [1.29, 1.82) is 0 Å². The highest BCUT2D eigenvalue weighted by Crippen LogP contribution is 2.20. The Balaban J connectivity index is 1.99. The Kier molecular flexibility index (Phi) is 5.23. The van der Waals surface area contributed by atoms with Crippen LogP contribution in [0.5, 0.6) is 5.75 Å². The molecule has 0 unspecified atom stereocenters. The Morgan fingerprint density at radius 1 is 1.13 bits per heavy atom. The van der Waals surface area contributed by atoms with E-state index in [4.69, 9.17) is 4.74 Å². The van der Waals surface area contributed by atoms with Crippen molar-refractivity contribution in [2.75, 3.05) is 29.5 Å². The van der Waals surface area contributed by atoms with E-state index in [1.54, 1.807) is 36.4 Å². The third kappa shape index (κ3) is 5.00. The summed E-state index contributed by atoms with van der Waals surface area (Å²) in [5, 5.41) is 2.67. The van der Waals surface area contributed by atoms with E-state index in [9.17, 15) is 13.2 Å². The molecule has 6 nitrogen and oxygen atoms in total. The number of carbonyl (C=O) groups excluding carboxylic acids is 1. The van der Waals surface area contributed by atoms with Gasteiger partial charge >= 0.3 is 0 Å². The predicted octanol–water partition coefficient (Wildman–Crippen LogP) is 2.10. The zero-order chi connectivity index (χ0) is 16.9. The van der Waals surface area contributed by atoms with Crippen LogP contribution >= 0.6 is 0 Å². The second-order valence-electron chi connectivity index (χ2n) is 4.93. The Bertz CT molecular complexity index is 776. The zero-order valence-corrected chi connectivity index (χ0v) is 13.7. The molecule has 0 atom stereocenters. The lowest BCUT2D eigenvalue weighted by molar-refractivity contribution is -0.118. The minimum absolute atomic E-state index is 0.129. The van der Waals surface area contributed by atoms with Crippen molar-refractivity contribution in [2.24, 2.45) is 0 Å². The van der Waals surface area contributed by atoms with Crippen LogP contribution in [0.25, 0.3) is 0 Å². The quantitative estimate of drug-likeness (QED) is 0.878. The van der Waals surface area contributed by atoms with Gasteiger partial charge in [-0.1, -0.05) is 24.3 Å². The molecule has 0 spiro atoms. The second-order valence-corrected chi connectivity index (χ2v) is 6.94. The number of para-hydroxylation sites is 1. The molecule has 0 aliphatic rings. The molecule has 1 amide bonds. The average molecular weight is 334 g/mol. The van der Waals surface area contributed by atoms with Crippen LogP contribution in [0.4, 0.5) is 11.4 Å². The van der Waals surface area contributed by atoms with Gasteiger partial charge in [-0.3, -0.25) is 9.10 Å². The van der Waals surface area contributed by atoms with Crippen molar-refractivity contribution in [3.05, 3.63) is 54.6 Å². The van der Waals surface area contributed by atoms with Gasteiger partial charge in [0, 0.05) is 12.7 Å². The molecular formula is C16H18N2O4S. The predicted molar refractivity (Wildman–Crippen MR) is 90.3 cm³/mol. The van der Waals surface area contributed by atoms with Crippen molar-refractivity contribution in [3.8, 4) is 5.75 Å². The van der Waals surface area contributed by atoms with Crippen LogP contribution in [0.1, 0.15) is 0 Å². The number of hydrogen-bond acceptors (Lipinski definition) is 4. The molecule has 2 aromatic rings. The number of rotatable bonds is 6. The summed E-state index contributed by atoms with van der Waals surface area (Å²) in [4.78, 5) is 11.9. The number of benzene rings is 2. The van der Waals surface area contributed by atoms with Crippen LogP contribution in [0.3, 0.4) is 0 Å². The van der Waals surface area contributed by atoms with Crippen LogP contribution < -0.4 is 14.4 Å². The van der Waals surface area contributed by atoms with Crippen LogP contribution in [0, 0.1) is 0 Å². The molecule has 0 heterocycles. The number of carbonyl (C=O) groups is 1. The van der Waals surface area contributed by atoms with Crippen molar-refractivity contribution >= 4 is 27.3 Å². The maximum atomic E-state index is 11.9. The molecule has 1 N–H and O–H groups in total. The van der Waals surface area contributed by atoms with Crippen molar-refractivity contribution in [2.45, 2.75) is 0 Å². The third-order valence-corrected chi connectivity index (χ3v) is 4.31. The SMILES string of the molecule is CN(c1cccc(NC(=O)COc2ccccc2)c1)S(C)(=O)=O. The van der Waals surface area contributed by atoms with Gasteiger partial charge in [0.25, 0.3) is 5.91 Å². The fourth-order valence-corrected chi connectivity index (χ4v) is 2.33. The Labute approximate surface area is 135 Å². The fraction of sp³-hybridized carbons (Fsp3) is 0.188. The summed E-state index contributed by atoms with van der Waals surface area (Å²) < 4.78 is 29.6. The summed E-state index contributed by atoms with van der Waals surface area (Å²) in [6.45, 7) is -0.129. The average Bonchev–Trinajstić information content (AvgIpc) is 2.52. The fourth-order valence-electron chi connectivity index (χ4n) is 1.83. The molecule has 0 bridgehead atoms. The number of sulfonamides is 1. The lowest BCUT2D eigenvalue weighted by Gasteiger charge is -2.17. The van der Waals surface area contributed by atoms with E-state index in [1.807, 2.05) is 18.2 Å². The smallest absolute Gasteiger partial charge is 0.262 e. The van der Waals surface area contributed by atoms with E-state index in [0.717, 1.165) is 10.6 Å². The first-order valence-electron chi connectivity index (χ1n) is 6.88. The van der Waals surface area contributed by atoms with Crippen LogP contribution in [-0.4, -0.2) is 34.2 Å². The number of hydrogen-bond donors (Lipinski definition) is 1. The number of anilines is 2. The summed E-state index contributed by atoms with van der Waals surface area (Å²) >= 11 is 0. The summed E-state index contributed by atoms with van der Waals surface area (Å²) in [5.41, 5.74) is 0.967. The van der Waals surface area contributed by atoms with E-state index >= 15 is 0 Å². The first-order valence-corrected chi connectivity index (χ1v) is 8.73. The molecule has 7 heteroatoms. The molecule has 0 aromatic heterocycles. The summed E-state index contributed by atoms with van der Waals surface area (Å²) in [6.07, 6.45) is 1.12. The van der Waals surface area contributed by atoms with Crippen molar-refractivity contribution in [3.63, 3.8) is 0 Å². The molecule has 122 valence electrons. The van der Waals surface area contributed by atoms with Gasteiger partial charge in [-0.15, -0.1) is 0 Å². The molecule has 23 heavy (non-hydrogen) atoms. The third-order valence-electron chi connectivity index (χ3n) is 3.10. The minimum Gasteiger partial charge on any atom is -0.484 e. The number of amides is 1. The normalized spacial score (nSPS) is 10.9. The standard InChI is InChI=1S/C16H18N2O4S/c1-18(23(2,20)21)14-8-6-7-13(11-14)17-16(19)12-22-15-9-4-3-5-10-15/h3-11H,12H2,1-2H3,(H,17,19). The van der Waals surface area contributed by atoms with E-state index in [2.05, 4.69) is 5.32 Å². The first-order chi connectivity index (χ1) is 10.9. The maximum Gasteiger partial charge on any atom is 0.262 e. The lowest BCUT2D eigenvalue weighted by Crippen LogP contribution is -2.25. The molecule has 2 rings (SSSR count). The van der Waals surface area contributed by atoms with Gasteiger partial charge in [0.1, 0.15) is 5.75 Å². The Hall–Kier alpha value is -2.54. The lowest BCUT2D eigenvalue weighted by atomic mass is 10.3. The summed E-state index contributed by atoms with van der Waals surface area (Å²) in [6, 6.07) is 15.6. The van der Waals surface area contributed by atoms with Crippen LogP contribution in [-0.2, 0) is 14.8 Å².